The Morgan fingerprint density at radius 2 is 0.898 bits per heavy atom. The molecule has 0 aliphatic rings. The third-order valence-electron chi connectivity index (χ3n) is 7.00. The van der Waals surface area contributed by atoms with Crippen LogP contribution in [0.2, 0.25) is 0 Å². The third-order valence-corrected chi connectivity index (χ3v) is 8.75. The summed E-state index contributed by atoms with van der Waals surface area (Å²) in [6.45, 7) is 2.47. The topological polar surface area (TPSA) is 139 Å². The molecule has 0 heterocycles. The molecule has 0 saturated heterocycles. The SMILES string of the molecule is Cc1cc(S(=O)(=O)c2ccc(C(=O)OCCOC(=O)/C=C/c3ccccc3)c(C)c2)ccc1C(=O)OCCOC(=O)/C=C/c1ccccc1. The number of hydrogen-bond acceptors (Lipinski definition) is 10. The molecule has 0 aliphatic heterocycles. The molecule has 0 bridgehead atoms. The van der Waals surface area contributed by atoms with Crippen molar-refractivity contribution in [3.05, 3.63) is 143 Å². The van der Waals surface area contributed by atoms with Gasteiger partial charge in [0.25, 0.3) is 0 Å². The van der Waals surface area contributed by atoms with Crippen LogP contribution < -0.4 is 0 Å². The largest absolute Gasteiger partial charge is 0.459 e. The number of rotatable bonds is 14. The van der Waals surface area contributed by atoms with Gasteiger partial charge in [-0.15, -0.1) is 0 Å². The average Bonchev–Trinajstić information content (AvgIpc) is 3.10. The fourth-order valence-corrected chi connectivity index (χ4v) is 5.89. The normalized spacial score (nSPS) is 11.3. The summed E-state index contributed by atoms with van der Waals surface area (Å²) in [5, 5.41) is 0. The van der Waals surface area contributed by atoms with Crippen LogP contribution in [0.3, 0.4) is 0 Å². The standard InChI is InChI=1S/C38H34O10S/c1-27-25-31(15-17-33(27)37(41)47-23-21-45-35(39)19-13-29-9-5-3-6-10-29)49(43,44)32-16-18-34(28(2)26-32)38(42)48-24-22-46-36(40)20-14-30-11-7-4-8-12-30/h3-20,25-26H,21-24H2,1-2H3/b19-13+,20-14+. The lowest BCUT2D eigenvalue weighted by molar-refractivity contribution is -0.139. The number of ether oxygens (including phenoxy) is 4. The van der Waals surface area contributed by atoms with Crippen LogP contribution in [0.4, 0.5) is 0 Å². The summed E-state index contributed by atoms with van der Waals surface area (Å²) in [6, 6.07) is 26.4. The van der Waals surface area contributed by atoms with Gasteiger partial charge in [-0.3, -0.25) is 0 Å². The zero-order valence-electron chi connectivity index (χ0n) is 26.9. The minimum absolute atomic E-state index is 0.0569. The Kier molecular flexibility index (Phi) is 12.8. The number of esters is 4. The second kappa shape index (κ2) is 17.4. The van der Waals surface area contributed by atoms with Crippen molar-refractivity contribution in [2.45, 2.75) is 23.6 Å². The van der Waals surface area contributed by atoms with E-state index in [-0.39, 0.29) is 47.3 Å². The third kappa shape index (κ3) is 10.6. The lowest BCUT2D eigenvalue weighted by Crippen LogP contribution is -2.15. The molecule has 0 aliphatic carbocycles. The molecule has 0 fully saturated rings. The Bertz CT molecular complexity index is 1830. The van der Waals surface area contributed by atoms with Gasteiger partial charge in [-0.2, -0.15) is 0 Å². The van der Waals surface area contributed by atoms with Gasteiger partial charge in [-0.05, 0) is 84.7 Å². The van der Waals surface area contributed by atoms with Crippen molar-refractivity contribution in [1.29, 1.82) is 0 Å². The van der Waals surface area contributed by atoms with Crippen molar-refractivity contribution in [2.24, 2.45) is 0 Å². The van der Waals surface area contributed by atoms with Crippen LogP contribution in [0.5, 0.6) is 0 Å². The first kappa shape index (κ1) is 36.0. The molecule has 0 unspecified atom stereocenters. The van der Waals surface area contributed by atoms with E-state index in [9.17, 15) is 27.6 Å². The van der Waals surface area contributed by atoms with Crippen molar-refractivity contribution < 1.29 is 46.5 Å². The summed E-state index contributed by atoms with van der Waals surface area (Å²) < 4.78 is 47.3. The van der Waals surface area contributed by atoms with E-state index in [1.54, 1.807) is 26.0 Å². The van der Waals surface area contributed by atoms with E-state index >= 15 is 0 Å². The van der Waals surface area contributed by atoms with E-state index in [1.807, 2.05) is 60.7 Å². The zero-order valence-corrected chi connectivity index (χ0v) is 27.7. The molecule has 0 N–H and O–H groups in total. The maximum atomic E-state index is 13.4. The second-order valence-electron chi connectivity index (χ2n) is 10.6. The van der Waals surface area contributed by atoms with Gasteiger partial charge < -0.3 is 18.9 Å². The smallest absolute Gasteiger partial charge is 0.338 e. The van der Waals surface area contributed by atoms with Gasteiger partial charge in [0, 0.05) is 12.2 Å². The molecule has 0 atom stereocenters. The summed E-state index contributed by atoms with van der Waals surface area (Å²) in [5.74, 6) is -2.57. The second-order valence-corrected chi connectivity index (χ2v) is 12.5. The number of aryl methyl sites for hydroxylation is 2. The van der Waals surface area contributed by atoms with Crippen LogP contribution in [0.25, 0.3) is 12.2 Å². The highest BCUT2D eigenvalue weighted by Crippen LogP contribution is 2.26. The predicted molar refractivity (Wildman–Crippen MR) is 181 cm³/mol. The van der Waals surface area contributed by atoms with Gasteiger partial charge in [-0.25, -0.2) is 27.6 Å². The summed E-state index contributed by atoms with van der Waals surface area (Å²) in [4.78, 5) is 48.9. The summed E-state index contributed by atoms with van der Waals surface area (Å²) in [7, 11) is -4.01. The zero-order chi connectivity index (χ0) is 35.2. The van der Waals surface area contributed by atoms with Crippen molar-refractivity contribution >= 4 is 45.9 Å². The molecular weight excluding hydrogens is 648 g/mol. The Morgan fingerprint density at radius 1 is 0.531 bits per heavy atom. The van der Waals surface area contributed by atoms with Gasteiger partial charge in [0.15, 0.2) is 0 Å². The number of sulfone groups is 1. The monoisotopic (exact) mass is 682 g/mol. The summed E-state index contributed by atoms with van der Waals surface area (Å²) >= 11 is 0. The molecule has 4 aromatic rings. The molecule has 4 rings (SSSR count). The molecule has 0 amide bonds. The molecule has 0 saturated carbocycles. The molecule has 10 nitrogen and oxygen atoms in total. The van der Waals surface area contributed by atoms with Crippen molar-refractivity contribution in [3.63, 3.8) is 0 Å². The minimum atomic E-state index is -4.01. The first-order valence-corrected chi connectivity index (χ1v) is 16.6. The first-order valence-electron chi connectivity index (χ1n) is 15.1. The Labute approximate surface area is 284 Å². The fourth-order valence-electron chi connectivity index (χ4n) is 4.46. The van der Waals surface area contributed by atoms with Crippen LogP contribution >= 0.6 is 0 Å². The van der Waals surface area contributed by atoms with Gasteiger partial charge in [0.2, 0.25) is 9.84 Å². The van der Waals surface area contributed by atoms with E-state index < -0.39 is 33.7 Å². The van der Waals surface area contributed by atoms with Gasteiger partial charge in [0.1, 0.15) is 26.4 Å². The maximum absolute atomic E-state index is 13.4. The minimum Gasteiger partial charge on any atom is -0.459 e. The predicted octanol–water partition coefficient (Wildman–Crippen LogP) is 5.96. The highest BCUT2D eigenvalue weighted by atomic mass is 32.2. The lowest BCUT2D eigenvalue weighted by Gasteiger charge is -2.12. The molecule has 0 radical (unpaired) electrons. The summed E-state index contributed by atoms with van der Waals surface area (Å²) in [5.41, 5.74) is 2.70. The molecule has 0 aromatic heterocycles. The van der Waals surface area contributed by atoms with E-state index in [1.165, 1.54) is 48.6 Å². The molecule has 11 heteroatoms. The van der Waals surface area contributed by atoms with E-state index in [0.29, 0.717) is 11.1 Å². The van der Waals surface area contributed by atoms with Gasteiger partial charge in [0.05, 0.1) is 20.9 Å². The molecule has 0 spiro atoms. The number of benzene rings is 4. The Hall–Kier alpha value is -5.81. The van der Waals surface area contributed by atoms with Crippen molar-refractivity contribution in [2.75, 3.05) is 26.4 Å². The lowest BCUT2D eigenvalue weighted by atomic mass is 10.1. The molecule has 4 aromatic carbocycles. The van der Waals surface area contributed by atoms with Crippen LogP contribution in [0.15, 0.2) is 119 Å². The average molecular weight is 683 g/mol. The van der Waals surface area contributed by atoms with Crippen molar-refractivity contribution in [3.8, 4) is 0 Å². The molecule has 49 heavy (non-hydrogen) atoms. The highest BCUT2D eigenvalue weighted by Gasteiger charge is 2.22. The Morgan fingerprint density at radius 3 is 1.27 bits per heavy atom. The highest BCUT2D eigenvalue weighted by molar-refractivity contribution is 7.91. The van der Waals surface area contributed by atoms with Crippen LogP contribution in [-0.2, 0) is 38.4 Å². The first-order chi connectivity index (χ1) is 23.5. The Balaban J connectivity index is 1.26. The molecular formula is C38H34O10S. The van der Waals surface area contributed by atoms with Crippen LogP contribution in [0.1, 0.15) is 43.0 Å². The fraction of sp³-hybridized carbons (Fsp3) is 0.158. The maximum Gasteiger partial charge on any atom is 0.338 e. The van der Waals surface area contributed by atoms with Gasteiger partial charge >= 0.3 is 23.9 Å². The van der Waals surface area contributed by atoms with Gasteiger partial charge in [-0.1, -0.05) is 60.7 Å². The van der Waals surface area contributed by atoms with Crippen LogP contribution in [-0.4, -0.2) is 58.7 Å². The van der Waals surface area contributed by atoms with Crippen molar-refractivity contribution in [1.82, 2.24) is 0 Å². The quantitative estimate of drug-likeness (QED) is 0.0677. The molecule has 252 valence electrons. The number of carbonyl (C=O) groups excluding carboxylic acids is 4. The number of hydrogen-bond donors (Lipinski definition) is 0. The van der Waals surface area contributed by atoms with E-state index in [2.05, 4.69) is 0 Å². The van der Waals surface area contributed by atoms with Crippen LogP contribution in [0, 0.1) is 13.8 Å². The van der Waals surface area contributed by atoms with E-state index in [0.717, 1.165) is 11.1 Å². The number of carbonyl (C=O) groups is 4. The summed E-state index contributed by atoms with van der Waals surface area (Å²) in [6.07, 6.45) is 5.76. The van der Waals surface area contributed by atoms with E-state index in [4.69, 9.17) is 18.9 Å².